The molecule has 5 heteroatoms. The Bertz CT molecular complexity index is 586. The number of nitrogens with one attached hydrogen (secondary N) is 1. The summed E-state index contributed by atoms with van der Waals surface area (Å²) in [5.41, 5.74) is 1.60. The normalized spacial score (nSPS) is 10.5. The van der Waals surface area contributed by atoms with Crippen molar-refractivity contribution < 1.29 is 19.4 Å². The average Bonchev–Trinajstić information content (AvgIpc) is 2.64. The number of H-pyrrole nitrogens is 1. The lowest BCUT2D eigenvalue weighted by Crippen LogP contribution is -1.97. The van der Waals surface area contributed by atoms with Crippen molar-refractivity contribution in [2.75, 3.05) is 14.2 Å². The zero-order valence-corrected chi connectivity index (χ0v) is 9.83. The van der Waals surface area contributed by atoms with Crippen LogP contribution in [0.2, 0.25) is 0 Å². The van der Waals surface area contributed by atoms with Crippen LogP contribution in [0.1, 0.15) is 16.1 Å². The Morgan fingerprint density at radius 2 is 1.82 bits per heavy atom. The molecule has 0 saturated heterocycles. The number of rotatable bonds is 3. The number of benzene rings is 1. The number of hydrogen-bond acceptors (Lipinski definition) is 3. The highest BCUT2D eigenvalue weighted by Gasteiger charge is 2.16. The minimum atomic E-state index is -0.975. The number of hydrogen-bond donors (Lipinski definition) is 2. The first-order chi connectivity index (χ1) is 8.08. The lowest BCUT2D eigenvalue weighted by Gasteiger charge is -2.07. The van der Waals surface area contributed by atoms with Crippen molar-refractivity contribution in [2.24, 2.45) is 0 Å². The quantitative estimate of drug-likeness (QED) is 0.855. The van der Waals surface area contributed by atoms with Crippen LogP contribution in [0.25, 0.3) is 10.9 Å². The Morgan fingerprint density at radius 1 is 1.24 bits per heavy atom. The number of ether oxygens (including phenoxy) is 2. The molecule has 0 unspecified atom stereocenters. The number of aryl methyl sites for hydroxylation is 1. The molecule has 0 atom stereocenters. The predicted molar refractivity (Wildman–Crippen MR) is 63.1 cm³/mol. The van der Waals surface area contributed by atoms with Gasteiger partial charge in [-0.3, -0.25) is 0 Å². The van der Waals surface area contributed by atoms with Crippen molar-refractivity contribution >= 4 is 16.9 Å². The summed E-state index contributed by atoms with van der Waals surface area (Å²) in [4.78, 5) is 13.9. The van der Waals surface area contributed by atoms with E-state index in [1.54, 1.807) is 26.2 Å². The summed E-state index contributed by atoms with van der Waals surface area (Å²) in [5.74, 6) is 0.175. The molecule has 0 bridgehead atoms. The van der Waals surface area contributed by atoms with E-state index in [1.165, 1.54) is 7.11 Å². The number of methoxy groups -OCH3 is 2. The van der Waals surface area contributed by atoms with E-state index in [9.17, 15) is 4.79 Å². The summed E-state index contributed by atoms with van der Waals surface area (Å²) in [6.07, 6.45) is 0. The van der Waals surface area contributed by atoms with Gasteiger partial charge < -0.3 is 19.6 Å². The summed E-state index contributed by atoms with van der Waals surface area (Å²) in [6, 6.07) is 3.50. The molecule has 0 spiro atoms. The minimum Gasteiger partial charge on any atom is -0.493 e. The first-order valence-electron chi connectivity index (χ1n) is 5.06. The van der Waals surface area contributed by atoms with E-state index in [4.69, 9.17) is 14.6 Å². The van der Waals surface area contributed by atoms with Gasteiger partial charge in [0.15, 0.2) is 11.5 Å². The van der Waals surface area contributed by atoms with Crippen molar-refractivity contribution in [1.29, 1.82) is 0 Å². The third-order valence-corrected chi connectivity index (χ3v) is 2.78. The van der Waals surface area contributed by atoms with E-state index < -0.39 is 5.97 Å². The summed E-state index contributed by atoms with van der Waals surface area (Å²) < 4.78 is 10.3. The SMILES string of the molecule is COc1cc2[nH]c(C(=O)O)c(C)c2cc1OC. The number of aromatic amines is 1. The summed E-state index contributed by atoms with van der Waals surface area (Å²) in [7, 11) is 3.08. The van der Waals surface area contributed by atoms with Gasteiger partial charge in [0.25, 0.3) is 0 Å². The fourth-order valence-corrected chi connectivity index (χ4v) is 1.87. The molecule has 0 fully saturated rings. The van der Waals surface area contributed by atoms with Gasteiger partial charge in [0.2, 0.25) is 0 Å². The predicted octanol–water partition coefficient (Wildman–Crippen LogP) is 2.19. The number of aromatic carboxylic acids is 1. The van der Waals surface area contributed by atoms with E-state index >= 15 is 0 Å². The van der Waals surface area contributed by atoms with Gasteiger partial charge in [0.1, 0.15) is 5.69 Å². The molecule has 1 heterocycles. The van der Waals surface area contributed by atoms with Gasteiger partial charge >= 0.3 is 5.97 Å². The Labute approximate surface area is 98.0 Å². The molecule has 0 aliphatic carbocycles. The summed E-state index contributed by atoms with van der Waals surface area (Å²) in [5, 5.41) is 9.85. The summed E-state index contributed by atoms with van der Waals surface area (Å²) in [6.45, 7) is 1.76. The van der Waals surface area contributed by atoms with Crippen LogP contribution >= 0.6 is 0 Å². The van der Waals surface area contributed by atoms with E-state index in [-0.39, 0.29) is 5.69 Å². The maximum atomic E-state index is 11.0. The molecule has 0 amide bonds. The zero-order valence-electron chi connectivity index (χ0n) is 9.83. The first kappa shape index (κ1) is 11.3. The van der Waals surface area contributed by atoms with E-state index in [2.05, 4.69) is 4.98 Å². The Morgan fingerprint density at radius 3 is 2.35 bits per heavy atom. The minimum absolute atomic E-state index is 0.190. The van der Waals surface area contributed by atoms with Gasteiger partial charge in [-0.2, -0.15) is 0 Å². The molecule has 0 aliphatic heterocycles. The van der Waals surface area contributed by atoms with Crippen molar-refractivity contribution in [1.82, 2.24) is 4.98 Å². The standard InChI is InChI=1S/C12H13NO4/c1-6-7-4-9(16-2)10(17-3)5-8(7)13-11(6)12(14)15/h4-5,13H,1-3H3,(H,14,15). The molecular weight excluding hydrogens is 222 g/mol. The number of aromatic nitrogens is 1. The lowest BCUT2D eigenvalue weighted by atomic mass is 10.1. The molecule has 2 rings (SSSR count). The van der Waals surface area contributed by atoms with Gasteiger partial charge in [0, 0.05) is 11.5 Å². The zero-order chi connectivity index (χ0) is 12.6. The van der Waals surface area contributed by atoms with Crippen LogP contribution in [0, 0.1) is 6.92 Å². The van der Waals surface area contributed by atoms with Crippen LogP contribution < -0.4 is 9.47 Å². The van der Waals surface area contributed by atoms with Crippen LogP contribution in [0.3, 0.4) is 0 Å². The molecule has 0 radical (unpaired) electrons. The molecule has 90 valence electrons. The second-order valence-corrected chi connectivity index (χ2v) is 3.68. The highest BCUT2D eigenvalue weighted by atomic mass is 16.5. The van der Waals surface area contributed by atoms with Crippen molar-refractivity contribution in [2.45, 2.75) is 6.92 Å². The van der Waals surface area contributed by atoms with Crippen LogP contribution in [-0.2, 0) is 0 Å². The number of carbonyl (C=O) groups is 1. The Hall–Kier alpha value is -2.17. The molecule has 0 aliphatic rings. The third kappa shape index (κ3) is 1.69. The molecule has 1 aromatic heterocycles. The van der Waals surface area contributed by atoms with Crippen molar-refractivity contribution in [3.63, 3.8) is 0 Å². The average molecular weight is 235 g/mol. The molecule has 1 aromatic carbocycles. The van der Waals surface area contributed by atoms with Crippen molar-refractivity contribution in [3.05, 3.63) is 23.4 Å². The molecule has 17 heavy (non-hydrogen) atoms. The maximum absolute atomic E-state index is 11.0. The fourth-order valence-electron chi connectivity index (χ4n) is 1.87. The van der Waals surface area contributed by atoms with E-state index in [0.29, 0.717) is 17.1 Å². The van der Waals surface area contributed by atoms with Crippen LogP contribution in [-0.4, -0.2) is 30.3 Å². The smallest absolute Gasteiger partial charge is 0.352 e. The maximum Gasteiger partial charge on any atom is 0.352 e. The fraction of sp³-hybridized carbons (Fsp3) is 0.250. The molecule has 2 N–H and O–H groups in total. The third-order valence-electron chi connectivity index (χ3n) is 2.78. The van der Waals surface area contributed by atoms with E-state index in [1.807, 2.05) is 0 Å². The van der Waals surface area contributed by atoms with Gasteiger partial charge in [-0.1, -0.05) is 0 Å². The Kier molecular flexibility index (Phi) is 2.67. The van der Waals surface area contributed by atoms with Crippen LogP contribution in [0.4, 0.5) is 0 Å². The molecule has 5 nitrogen and oxygen atoms in total. The second kappa shape index (κ2) is 4.01. The molecular formula is C12H13NO4. The highest BCUT2D eigenvalue weighted by molar-refractivity contribution is 5.98. The largest absolute Gasteiger partial charge is 0.493 e. The number of carboxylic acid groups (broad SMARTS) is 1. The lowest BCUT2D eigenvalue weighted by molar-refractivity contribution is 0.0691. The van der Waals surface area contributed by atoms with E-state index in [0.717, 1.165) is 10.9 Å². The van der Waals surface area contributed by atoms with Gasteiger partial charge in [-0.15, -0.1) is 0 Å². The summed E-state index contributed by atoms with van der Waals surface area (Å²) >= 11 is 0. The Balaban J connectivity index is 2.75. The van der Waals surface area contributed by atoms with Gasteiger partial charge in [-0.25, -0.2) is 4.79 Å². The topological polar surface area (TPSA) is 71.6 Å². The van der Waals surface area contributed by atoms with Crippen LogP contribution in [0.5, 0.6) is 11.5 Å². The number of fused-ring (bicyclic) bond motifs is 1. The van der Waals surface area contributed by atoms with Gasteiger partial charge in [0.05, 0.1) is 19.7 Å². The monoisotopic (exact) mass is 235 g/mol. The molecule has 2 aromatic rings. The van der Waals surface area contributed by atoms with Crippen LogP contribution in [0.15, 0.2) is 12.1 Å². The second-order valence-electron chi connectivity index (χ2n) is 3.68. The van der Waals surface area contributed by atoms with Gasteiger partial charge in [-0.05, 0) is 18.6 Å². The highest BCUT2D eigenvalue weighted by Crippen LogP contribution is 2.34. The number of carboxylic acids is 1. The molecule has 0 saturated carbocycles. The first-order valence-corrected chi connectivity index (χ1v) is 5.06. The van der Waals surface area contributed by atoms with Crippen molar-refractivity contribution in [3.8, 4) is 11.5 Å².